The van der Waals surface area contributed by atoms with Crippen molar-refractivity contribution in [2.75, 3.05) is 5.32 Å². The molecule has 9 heteroatoms. The van der Waals surface area contributed by atoms with Crippen LogP contribution in [0.5, 0.6) is 0 Å². The highest BCUT2D eigenvalue weighted by Gasteiger charge is 2.17. The SMILES string of the molecule is CC(Sc1n[nH]c(/C=C/c2ccc(F)cc2)n1)C(=O)Nc1ccc(Cl)cn1. The molecule has 0 radical (unpaired) electrons. The molecule has 1 unspecified atom stereocenters. The molecule has 0 bridgehead atoms. The number of hydrogen-bond donors (Lipinski definition) is 2. The first-order chi connectivity index (χ1) is 13.0. The Morgan fingerprint density at radius 3 is 2.74 bits per heavy atom. The quantitative estimate of drug-likeness (QED) is 0.600. The molecule has 2 heterocycles. The van der Waals surface area contributed by atoms with Crippen molar-refractivity contribution in [2.24, 2.45) is 0 Å². The lowest BCUT2D eigenvalue weighted by molar-refractivity contribution is -0.115. The summed E-state index contributed by atoms with van der Waals surface area (Å²) in [5.41, 5.74) is 0.838. The molecule has 0 saturated carbocycles. The maximum atomic E-state index is 12.9. The van der Waals surface area contributed by atoms with E-state index in [4.69, 9.17) is 11.6 Å². The molecule has 2 N–H and O–H groups in total. The summed E-state index contributed by atoms with van der Waals surface area (Å²) in [4.78, 5) is 20.6. The number of nitrogens with one attached hydrogen (secondary N) is 2. The van der Waals surface area contributed by atoms with E-state index in [0.29, 0.717) is 21.8 Å². The van der Waals surface area contributed by atoms with Gasteiger partial charge in [-0.15, -0.1) is 5.10 Å². The van der Waals surface area contributed by atoms with Crippen LogP contribution in [0.3, 0.4) is 0 Å². The molecule has 0 fully saturated rings. The van der Waals surface area contributed by atoms with E-state index in [2.05, 4.69) is 25.5 Å². The van der Waals surface area contributed by atoms with Crippen LogP contribution in [-0.4, -0.2) is 31.3 Å². The summed E-state index contributed by atoms with van der Waals surface area (Å²) in [5, 5.41) is 10.1. The van der Waals surface area contributed by atoms with Crippen LogP contribution in [0, 0.1) is 5.82 Å². The van der Waals surface area contributed by atoms with Gasteiger partial charge in [0.2, 0.25) is 11.1 Å². The number of H-pyrrole nitrogens is 1. The molecule has 1 atom stereocenters. The molecular weight excluding hydrogens is 389 g/mol. The van der Waals surface area contributed by atoms with Gasteiger partial charge in [-0.25, -0.2) is 14.4 Å². The molecule has 6 nitrogen and oxygen atoms in total. The van der Waals surface area contributed by atoms with Gasteiger partial charge in [-0.1, -0.05) is 41.6 Å². The Morgan fingerprint density at radius 1 is 1.26 bits per heavy atom. The number of thioether (sulfide) groups is 1. The predicted molar refractivity (Wildman–Crippen MR) is 105 cm³/mol. The number of rotatable bonds is 6. The van der Waals surface area contributed by atoms with Gasteiger partial charge in [0.1, 0.15) is 17.5 Å². The summed E-state index contributed by atoms with van der Waals surface area (Å²) in [7, 11) is 0. The summed E-state index contributed by atoms with van der Waals surface area (Å²) in [6, 6.07) is 9.37. The van der Waals surface area contributed by atoms with Gasteiger partial charge in [0.25, 0.3) is 0 Å². The van der Waals surface area contributed by atoms with Crippen LogP contribution in [0.1, 0.15) is 18.3 Å². The highest BCUT2D eigenvalue weighted by molar-refractivity contribution is 8.00. The highest BCUT2D eigenvalue weighted by Crippen LogP contribution is 2.21. The van der Waals surface area contributed by atoms with Crippen molar-refractivity contribution in [3.05, 3.63) is 64.8 Å². The van der Waals surface area contributed by atoms with Crippen molar-refractivity contribution in [3.8, 4) is 0 Å². The zero-order valence-electron chi connectivity index (χ0n) is 14.2. The van der Waals surface area contributed by atoms with E-state index in [1.165, 1.54) is 30.1 Å². The van der Waals surface area contributed by atoms with E-state index in [9.17, 15) is 9.18 Å². The van der Waals surface area contributed by atoms with E-state index < -0.39 is 5.25 Å². The number of nitrogens with zero attached hydrogens (tertiary/aromatic N) is 3. The van der Waals surface area contributed by atoms with Gasteiger partial charge in [0.05, 0.1) is 10.3 Å². The maximum absolute atomic E-state index is 12.9. The smallest absolute Gasteiger partial charge is 0.238 e. The molecule has 0 aliphatic rings. The first kappa shape index (κ1) is 19.1. The minimum absolute atomic E-state index is 0.219. The number of aromatic amines is 1. The molecule has 138 valence electrons. The summed E-state index contributed by atoms with van der Waals surface area (Å²) in [5.74, 6) is 0.457. The molecule has 3 rings (SSSR count). The summed E-state index contributed by atoms with van der Waals surface area (Å²) in [6.45, 7) is 1.75. The van der Waals surface area contributed by atoms with Gasteiger partial charge >= 0.3 is 0 Å². The first-order valence-electron chi connectivity index (χ1n) is 7.95. The maximum Gasteiger partial charge on any atom is 0.238 e. The van der Waals surface area contributed by atoms with Crippen LogP contribution in [0.4, 0.5) is 10.2 Å². The molecule has 2 aromatic heterocycles. The highest BCUT2D eigenvalue weighted by atomic mass is 35.5. The van der Waals surface area contributed by atoms with Crippen molar-refractivity contribution < 1.29 is 9.18 Å². The van der Waals surface area contributed by atoms with Crippen LogP contribution in [0.25, 0.3) is 12.2 Å². The Hall–Kier alpha value is -2.71. The van der Waals surface area contributed by atoms with Gasteiger partial charge in [-0.2, -0.15) is 0 Å². The number of anilines is 1. The molecule has 0 spiro atoms. The zero-order valence-corrected chi connectivity index (χ0v) is 15.8. The molecular formula is C18H15ClFN5OS. The Balaban J connectivity index is 1.56. The lowest BCUT2D eigenvalue weighted by Crippen LogP contribution is -2.23. The Labute approximate surface area is 164 Å². The van der Waals surface area contributed by atoms with E-state index in [-0.39, 0.29) is 11.7 Å². The van der Waals surface area contributed by atoms with Crippen molar-refractivity contribution in [1.29, 1.82) is 0 Å². The van der Waals surface area contributed by atoms with Gasteiger partial charge in [-0.3, -0.25) is 9.89 Å². The Kier molecular flexibility index (Phi) is 6.20. The topological polar surface area (TPSA) is 83.6 Å². The Morgan fingerprint density at radius 2 is 2.04 bits per heavy atom. The van der Waals surface area contributed by atoms with Crippen LogP contribution in [0.2, 0.25) is 5.02 Å². The van der Waals surface area contributed by atoms with Crippen LogP contribution >= 0.6 is 23.4 Å². The molecule has 3 aromatic rings. The van der Waals surface area contributed by atoms with Gasteiger partial charge in [0.15, 0.2) is 0 Å². The fourth-order valence-corrected chi connectivity index (χ4v) is 2.87. The third-order valence-corrected chi connectivity index (χ3v) is 4.60. The second kappa shape index (κ2) is 8.79. The number of halogens is 2. The minimum atomic E-state index is -0.424. The molecule has 1 aromatic carbocycles. The number of carbonyl (C=O) groups is 1. The summed E-state index contributed by atoms with van der Waals surface area (Å²) >= 11 is 6.99. The fourth-order valence-electron chi connectivity index (χ4n) is 2.02. The van der Waals surface area contributed by atoms with Crippen molar-refractivity contribution in [3.63, 3.8) is 0 Å². The largest absolute Gasteiger partial charge is 0.310 e. The zero-order chi connectivity index (χ0) is 19.2. The predicted octanol–water partition coefficient (Wildman–Crippen LogP) is 4.28. The number of pyridine rings is 1. The Bertz CT molecular complexity index is 943. The van der Waals surface area contributed by atoms with Crippen molar-refractivity contribution in [2.45, 2.75) is 17.3 Å². The normalized spacial score (nSPS) is 12.3. The summed E-state index contributed by atoms with van der Waals surface area (Å²) in [6.07, 6.45) is 4.98. The molecule has 0 aliphatic heterocycles. The fraction of sp³-hybridized carbons (Fsp3) is 0.111. The monoisotopic (exact) mass is 403 g/mol. The number of hydrogen-bond acceptors (Lipinski definition) is 5. The molecule has 1 amide bonds. The second-order valence-corrected chi connectivity index (χ2v) is 7.24. The third-order valence-electron chi connectivity index (χ3n) is 3.42. The average molecular weight is 404 g/mol. The molecule has 0 aliphatic carbocycles. The van der Waals surface area contributed by atoms with E-state index in [0.717, 1.165) is 5.56 Å². The molecule has 27 heavy (non-hydrogen) atoms. The average Bonchev–Trinajstić information content (AvgIpc) is 3.10. The van der Waals surface area contributed by atoms with Crippen molar-refractivity contribution >= 4 is 47.2 Å². The number of carbonyl (C=O) groups excluding carboxylic acids is 1. The van der Waals surface area contributed by atoms with Gasteiger partial charge in [0, 0.05) is 6.20 Å². The van der Waals surface area contributed by atoms with Gasteiger partial charge in [-0.05, 0) is 42.8 Å². The van der Waals surface area contributed by atoms with E-state index in [1.807, 2.05) is 0 Å². The van der Waals surface area contributed by atoms with Crippen LogP contribution in [0.15, 0.2) is 47.8 Å². The minimum Gasteiger partial charge on any atom is -0.310 e. The third kappa shape index (κ3) is 5.63. The van der Waals surface area contributed by atoms with E-state index >= 15 is 0 Å². The first-order valence-corrected chi connectivity index (χ1v) is 9.20. The number of benzene rings is 1. The van der Waals surface area contributed by atoms with E-state index in [1.54, 1.807) is 43.3 Å². The van der Waals surface area contributed by atoms with Crippen LogP contribution in [-0.2, 0) is 4.79 Å². The molecule has 0 saturated heterocycles. The second-order valence-electron chi connectivity index (χ2n) is 5.50. The lowest BCUT2D eigenvalue weighted by atomic mass is 10.2. The standard InChI is InChI=1S/C18H15ClFN5OS/c1-11(17(26)22-15-9-5-13(19)10-21-15)27-18-23-16(24-25-18)8-4-12-2-6-14(20)7-3-12/h2-11H,1H3,(H,21,22,26)(H,23,24,25)/b8-4+. The number of aromatic nitrogens is 4. The van der Waals surface area contributed by atoms with Crippen molar-refractivity contribution in [1.82, 2.24) is 20.2 Å². The lowest BCUT2D eigenvalue weighted by Gasteiger charge is -2.09. The van der Waals surface area contributed by atoms with Gasteiger partial charge < -0.3 is 5.32 Å². The number of amides is 1. The van der Waals surface area contributed by atoms with Crippen LogP contribution < -0.4 is 5.32 Å². The summed E-state index contributed by atoms with van der Waals surface area (Å²) < 4.78 is 12.9.